The van der Waals surface area contributed by atoms with Crippen LogP contribution in [0.2, 0.25) is 0 Å². The first-order valence-electron chi connectivity index (χ1n) is 3.77. The van der Waals surface area contributed by atoms with Crippen molar-refractivity contribution in [2.24, 2.45) is 0 Å². The topological polar surface area (TPSA) is 40.5 Å². The van der Waals surface area contributed by atoms with E-state index in [1.165, 1.54) is 6.42 Å². The Balaban J connectivity index is 0.000000605. The van der Waals surface area contributed by atoms with Gasteiger partial charge < -0.3 is 5.11 Å². The van der Waals surface area contributed by atoms with Gasteiger partial charge in [0.2, 0.25) is 0 Å². The molecule has 0 bridgehead atoms. The summed E-state index contributed by atoms with van der Waals surface area (Å²) in [5.41, 5.74) is 0. The molecule has 3 nitrogen and oxygen atoms in total. The van der Waals surface area contributed by atoms with E-state index in [1.807, 2.05) is 0 Å². The van der Waals surface area contributed by atoms with Gasteiger partial charge in [0.05, 0.1) is 0 Å². The van der Waals surface area contributed by atoms with Gasteiger partial charge in [0.15, 0.2) is 0 Å². The van der Waals surface area contributed by atoms with Crippen LogP contribution in [0.5, 0.6) is 0 Å². The number of aliphatic carboxylic acids is 1. The molecule has 57 valence electrons. The van der Waals surface area contributed by atoms with Crippen molar-refractivity contribution < 1.29 is 9.90 Å². The summed E-state index contributed by atoms with van der Waals surface area (Å²) in [5, 5.41) is 8.69. The van der Waals surface area contributed by atoms with Gasteiger partial charge in [-0.1, -0.05) is 0 Å². The molecule has 0 aromatic carbocycles. The first-order valence-corrected chi connectivity index (χ1v) is 3.77. The maximum Gasteiger partial charge on any atom is 0.320 e. The van der Waals surface area contributed by atoms with E-state index in [0.29, 0.717) is 6.04 Å². The number of hydrogen-bond donors (Lipinski definition) is 1. The van der Waals surface area contributed by atoms with E-state index in [-0.39, 0.29) is 35.6 Å². The zero-order chi connectivity index (χ0) is 7.14. The zero-order valence-corrected chi connectivity index (χ0v) is 8.79. The predicted octanol–water partition coefficient (Wildman–Crippen LogP) is -0.0731. The van der Waals surface area contributed by atoms with Gasteiger partial charge >= 0.3 is 5.97 Å². The first kappa shape index (κ1) is 9.52. The summed E-state index contributed by atoms with van der Waals surface area (Å²) in [7, 11) is 0. The Morgan fingerprint density at radius 1 is 1.36 bits per heavy atom. The van der Waals surface area contributed by atoms with Gasteiger partial charge in [0.1, 0.15) is 6.04 Å². The van der Waals surface area contributed by atoms with Crippen LogP contribution in [0.1, 0.15) is 19.3 Å². The number of rotatable bonds is 1. The number of carboxylic acids is 1. The summed E-state index contributed by atoms with van der Waals surface area (Å²) in [4.78, 5) is 12.6. The SMILES string of the molecule is O=C(O)C1CCC2CCN21.[Na]. The number of carboxylic acid groups (broad SMARTS) is 1. The Bertz CT molecular complexity index is 174. The minimum absolute atomic E-state index is 0. The second-order valence-corrected chi connectivity index (χ2v) is 3.11. The Morgan fingerprint density at radius 3 is 2.36 bits per heavy atom. The van der Waals surface area contributed by atoms with Crippen molar-refractivity contribution in [2.45, 2.75) is 31.3 Å². The number of fused-ring (bicyclic) bond motifs is 1. The third-order valence-corrected chi connectivity index (χ3v) is 2.65. The molecule has 2 unspecified atom stereocenters. The third-order valence-electron chi connectivity index (χ3n) is 2.65. The van der Waals surface area contributed by atoms with Crippen LogP contribution in [0.25, 0.3) is 0 Å². The summed E-state index contributed by atoms with van der Waals surface area (Å²) in [6.07, 6.45) is 3.17. The van der Waals surface area contributed by atoms with Crippen molar-refractivity contribution in [3.8, 4) is 0 Å². The molecule has 2 rings (SSSR count). The van der Waals surface area contributed by atoms with E-state index in [1.54, 1.807) is 0 Å². The van der Waals surface area contributed by atoms with Gasteiger partial charge in [-0.25, -0.2) is 0 Å². The average molecular weight is 164 g/mol. The van der Waals surface area contributed by atoms with E-state index >= 15 is 0 Å². The van der Waals surface area contributed by atoms with Crippen molar-refractivity contribution in [3.63, 3.8) is 0 Å². The Morgan fingerprint density at radius 2 is 2.09 bits per heavy atom. The van der Waals surface area contributed by atoms with E-state index in [9.17, 15) is 4.79 Å². The smallest absolute Gasteiger partial charge is 0.320 e. The van der Waals surface area contributed by atoms with E-state index in [4.69, 9.17) is 5.11 Å². The van der Waals surface area contributed by atoms with Gasteiger partial charge in [-0.3, -0.25) is 9.69 Å². The third kappa shape index (κ3) is 1.47. The van der Waals surface area contributed by atoms with Gasteiger partial charge in [0.25, 0.3) is 0 Å². The molecule has 0 amide bonds. The standard InChI is InChI=1S/C7H11NO2.Na/c9-7(10)6-2-1-5-3-4-8(5)6;/h5-6H,1-4H2,(H,9,10);. The van der Waals surface area contributed by atoms with Crippen LogP contribution in [0.15, 0.2) is 0 Å². The summed E-state index contributed by atoms with van der Waals surface area (Å²) in [6, 6.07) is 0.458. The number of carbonyl (C=O) groups is 1. The molecule has 2 saturated heterocycles. The van der Waals surface area contributed by atoms with Crippen molar-refractivity contribution in [2.75, 3.05) is 6.54 Å². The molecule has 1 radical (unpaired) electrons. The van der Waals surface area contributed by atoms with E-state index < -0.39 is 5.97 Å². The van der Waals surface area contributed by atoms with Crippen LogP contribution in [-0.2, 0) is 4.79 Å². The summed E-state index contributed by atoms with van der Waals surface area (Å²) in [6.45, 7) is 1.00. The van der Waals surface area contributed by atoms with Gasteiger partial charge in [-0.05, 0) is 19.3 Å². The van der Waals surface area contributed by atoms with Crippen molar-refractivity contribution in [1.82, 2.24) is 4.90 Å². The molecular formula is C7H11NNaO2. The van der Waals surface area contributed by atoms with Crippen LogP contribution in [-0.4, -0.2) is 64.2 Å². The summed E-state index contributed by atoms with van der Waals surface area (Å²) < 4.78 is 0. The monoisotopic (exact) mass is 164 g/mol. The molecule has 0 saturated carbocycles. The molecule has 2 atom stereocenters. The van der Waals surface area contributed by atoms with Crippen molar-refractivity contribution >= 4 is 35.5 Å². The normalized spacial score (nSPS) is 35.3. The van der Waals surface area contributed by atoms with Gasteiger partial charge in [-0.15, -0.1) is 0 Å². The fourth-order valence-corrected chi connectivity index (χ4v) is 1.96. The summed E-state index contributed by atoms with van der Waals surface area (Å²) in [5.74, 6) is -0.637. The molecule has 2 aliphatic heterocycles. The van der Waals surface area contributed by atoms with Crippen molar-refractivity contribution in [1.29, 1.82) is 0 Å². The molecular weight excluding hydrogens is 153 g/mol. The van der Waals surface area contributed by atoms with E-state index in [2.05, 4.69) is 4.90 Å². The molecule has 0 aromatic rings. The van der Waals surface area contributed by atoms with Crippen molar-refractivity contribution in [3.05, 3.63) is 0 Å². The van der Waals surface area contributed by atoms with E-state index in [0.717, 1.165) is 19.4 Å². The minimum Gasteiger partial charge on any atom is -0.480 e. The predicted molar refractivity (Wildman–Crippen MR) is 41.5 cm³/mol. The number of nitrogens with zero attached hydrogens (tertiary/aromatic N) is 1. The molecule has 1 N–H and O–H groups in total. The molecule has 2 heterocycles. The second kappa shape index (κ2) is 3.44. The largest absolute Gasteiger partial charge is 0.480 e. The van der Waals surface area contributed by atoms with Crippen LogP contribution in [0.3, 0.4) is 0 Å². The van der Waals surface area contributed by atoms with Gasteiger partial charge in [0, 0.05) is 42.1 Å². The van der Waals surface area contributed by atoms with Crippen LogP contribution in [0.4, 0.5) is 0 Å². The maximum absolute atomic E-state index is 10.5. The molecule has 2 fully saturated rings. The fraction of sp³-hybridized carbons (Fsp3) is 0.857. The maximum atomic E-state index is 10.5. The molecule has 11 heavy (non-hydrogen) atoms. The Labute approximate surface area is 88.0 Å². The van der Waals surface area contributed by atoms with Crippen LogP contribution >= 0.6 is 0 Å². The summed E-state index contributed by atoms with van der Waals surface area (Å²) >= 11 is 0. The molecule has 0 spiro atoms. The average Bonchev–Trinajstić information content (AvgIpc) is 2.07. The first-order chi connectivity index (χ1) is 4.79. The molecule has 2 aliphatic rings. The van der Waals surface area contributed by atoms with Crippen LogP contribution < -0.4 is 0 Å². The van der Waals surface area contributed by atoms with Crippen LogP contribution in [0, 0.1) is 0 Å². The number of hydrogen-bond acceptors (Lipinski definition) is 2. The Kier molecular flexibility index (Phi) is 2.97. The zero-order valence-electron chi connectivity index (χ0n) is 6.79. The fourth-order valence-electron chi connectivity index (χ4n) is 1.96. The van der Waals surface area contributed by atoms with Gasteiger partial charge in [-0.2, -0.15) is 0 Å². The molecule has 0 aliphatic carbocycles. The quantitative estimate of drug-likeness (QED) is 0.551. The minimum atomic E-state index is -0.637. The molecule has 4 heteroatoms. The Hall–Kier alpha value is 0.430. The molecule has 0 aromatic heterocycles. The second-order valence-electron chi connectivity index (χ2n) is 3.11.